The van der Waals surface area contributed by atoms with Gasteiger partial charge in [0.05, 0.1) is 0 Å². The molecule has 1 aliphatic rings. The lowest BCUT2D eigenvalue weighted by molar-refractivity contribution is -0.127. The molecule has 1 aliphatic heterocycles. The maximum Gasteiger partial charge on any atom is 0.324 e. The van der Waals surface area contributed by atoms with E-state index in [0.717, 1.165) is 12.8 Å². The number of rotatable bonds is 7. The molecule has 0 aromatic heterocycles. The summed E-state index contributed by atoms with van der Waals surface area (Å²) in [4.78, 5) is 24.2. The molecule has 1 atom stereocenters. The van der Waals surface area contributed by atoms with E-state index in [1.165, 1.54) is 30.6 Å². The Hall–Kier alpha value is -1.06. The van der Waals surface area contributed by atoms with Gasteiger partial charge in [0.1, 0.15) is 6.04 Å². The maximum absolute atomic E-state index is 11.5. The topological polar surface area (TPSA) is 49.4 Å². The minimum absolute atomic E-state index is 0.0847. The predicted molar refractivity (Wildman–Crippen MR) is 63.1 cm³/mol. The number of nitrogens with one attached hydrogen (secondary N) is 1. The molecule has 16 heavy (non-hydrogen) atoms. The van der Waals surface area contributed by atoms with Crippen molar-refractivity contribution in [2.45, 2.75) is 58.4 Å². The van der Waals surface area contributed by atoms with E-state index < -0.39 is 0 Å². The first-order chi connectivity index (χ1) is 7.66. The summed E-state index contributed by atoms with van der Waals surface area (Å²) in [5.41, 5.74) is 0. The Morgan fingerprint density at radius 1 is 1.12 bits per heavy atom. The van der Waals surface area contributed by atoms with Crippen LogP contribution in [-0.4, -0.2) is 29.4 Å². The summed E-state index contributed by atoms with van der Waals surface area (Å²) in [5.74, 6) is -0.0847. The fraction of sp³-hybridized carbons (Fsp3) is 0.833. The third kappa shape index (κ3) is 3.51. The van der Waals surface area contributed by atoms with Crippen LogP contribution in [0.25, 0.3) is 0 Å². The van der Waals surface area contributed by atoms with Crippen LogP contribution in [0.15, 0.2) is 0 Å². The van der Waals surface area contributed by atoms with Crippen LogP contribution in [0.5, 0.6) is 0 Å². The van der Waals surface area contributed by atoms with E-state index in [2.05, 4.69) is 12.2 Å². The van der Waals surface area contributed by atoms with E-state index in [4.69, 9.17) is 0 Å². The summed E-state index contributed by atoms with van der Waals surface area (Å²) < 4.78 is 0. The Morgan fingerprint density at radius 3 is 2.31 bits per heavy atom. The molecule has 0 aliphatic carbocycles. The molecule has 1 saturated heterocycles. The summed E-state index contributed by atoms with van der Waals surface area (Å²) in [7, 11) is 0. The molecule has 1 rings (SSSR count). The second kappa shape index (κ2) is 6.51. The number of hydrogen-bond donors (Lipinski definition) is 1. The van der Waals surface area contributed by atoms with Crippen LogP contribution in [0.3, 0.4) is 0 Å². The average molecular weight is 226 g/mol. The summed E-state index contributed by atoms with van der Waals surface area (Å²) in [6, 6.07) is -0.571. The van der Waals surface area contributed by atoms with E-state index >= 15 is 0 Å². The second-order valence-corrected chi connectivity index (χ2v) is 4.43. The van der Waals surface area contributed by atoms with Crippen molar-refractivity contribution in [3.63, 3.8) is 0 Å². The summed E-state index contributed by atoms with van der Waals surface area (Å²) in [6.07, 6.45) is 7.01. The van der Waals surface area contributed by atoms with Crippen LogP contribution < -0.4 is 5.32 Å². The molecule has 1 fully saturated rings. The van der Waals surface area contributed by atoms with Gasteiger partial charge in [-0.1, -0.05) is 39.0 Å². The maximum atomic E-state index is 11.5. The van der Waals surface area contributed by atoms with Crippen LogP contribution in [0.2, 0.25) is 0 Å². The molecule has 1 N–H and O–H groups in total. The average Bonchev–Trinajstić information content (AvgIpc) is 2.49. The van der Waals surface area contributed by atoms with E-state index in [0.29, 0.717) is 6.54 Å². The zero-order valence-electron chi connectivity index (χ0n) is 10.3. The van der Waals surface area contributed by atoms with Crippen molar-refractivity contribution >= 4 is 11.9 Å². The van der Waals surface area contributed by atoms with Crippen LogP contribution in [-0.2, 0) is 4.79 Å². The highest BCUT2D eigenvalue weighted by atomic mass is 16.2. The molecule has 4 nitrogen and oxygen atoms in total. The smallest absolute Gasteiger partial charge is 0.324 e. The molecule has 4 heteroatoms. The molecule has 0 aromatic rings. The third-order valence-corrected chi connectivity index (χ3v) is 2.96. The summed E-state index contributed by atoms with van der Waals surface area (Å²) >= 11 is 0. The monoisotopic (exact) mass is 226 g/mol. The van der Waals surface area contributed by atoms with Gasteiger partial charge < -0.3 is 5.32 Å². The number of carbonyl (C=O) groups is 2. The van der Waals surface area contributed by atoms with Gasteiger partial charge in [0.2, 0.25) is 0 Å². The van der Waals surface area contributed by atoms with Crippen LogP contribution >= 0.6 is 0 Å². The van der Waals surface area contributed by atoms with Crippen molar-refractivity contribution in [3.05, 3.63) is 0 Å². The Kier molecular flexibility index (Phi) is 5.29. The van der Waals surface area contributed by atoms with Crippen LogP contribution in [0.1, 0.15) is 52.4 Å². The number of carbonyl (C=O) groups excluding carboxylic acids is 2. The molecule has 0 radical (unpaired) electrons. The number of unbranched alkanes of at least 4 members (excludes halogenated alkanes) is 5. The van der Waals surface area contributed by atoms with E-state index in [9.17, 15) is 9.59 Å². The number of nitrogens with zero attached hydrogens (tertiary/aromatic N) is 1. The van der Waals surface area contributed by atoms with E-state index in [1.807, 2.05) is 0 Å². The molecule has 0 spiro atoms. The zero-order valence-corrected chi connectivity index (χ0v) is 10.3. The fourth-order valence-corrected chi connectivity index (χ4v) is 1.92. The van der Waals surface area contributed by atoms with Gasteiger partial charge in [-0.3, -0.25) is 9.69 Å². The quantitative estimate of drug-likeness (QED) is 0.535. The standard InChI is InChI=1S/C12H22N2O2/c1-3-4-5-6-7-8-9-14-11(15)10(2)13-12(14)16/h10H,3-9H2,1-2H3,(H,13,16). The Morgan fingerprint density at radius 2 is 1.75 bits per heavy atom. The molecule has 92 valence electrons. The predicted octanol–water partition coefficient (Wildman–Crippen LogP) is 2.29. The van der Waals surface area contributed by atoms with Gasteiger partial charge in [-0.05, 0) is 13.3 Å². The Balaban J connectivity index is 2.13. The zero-order chi connectivity index (χ0) is 12.0. The first-order valence-corrected chi connectivity index (χ1v) is 6.28. The van der Waals surface area contributed by atoms with Gasteiger partial charge in [-0.15, -0.1) is 0 Å². The first kappa shape index (κ1) is 13.0. The molecule has 0 saturated carbocycles. The molecule has 0 bridgehead atoms. The number of amides is 3. The Bertz CT molecular complexity index is 253. The van der Waals surface area contributed by atoms with Crippen molar-refractivity contribution in [1.82, 2.24) is 10.2 Å². The molecular weight excluding hydrogens is 204 g/mol. The highest BCUT2D eigenvalue weighted by Gasteiger charge is 2.34. The van der Waals surface area contributed by atoms with Crippen molar-refractivity contribution in [2.24, 2.45) is 0 Å². The van der Waals surface area contributed by atoms with Gasteiger partial charge in [0, 0.05) is 6.54 Å². The molecule has 0 aromatic carbocycles. The summed E-state index contributed by atoms with van der Waals surface area (Å²) in [6.45, 7) is 4.48. The largest absolute Gasteiger partial charge is 0.326 e. The number of hydrogen-bond acceptors (Lipinski definition) is 2. The van der Waals surface area contributed by atoms with Gasteiger partial charge in [0.25, 0.3) is 5.91 Å². The van der Waals surface area contributed by atoms with Gasteiger partial charge >= 0.3 is 6.03 Å². The lowest BCUT2D eigenvalue weighted by Crippen LogP contribution is -2.32. The highest BCUT2D eigenvalue weighted by Crippen LogP contribution is 2.10. The highest BCUT2D eigenvalue weighted by molar-refractivity contribution is 6.03. The normalized spacial score (nSPS) is 20.4. The van der Waals surface area contributed by atoms with Gasteiger partial charge in [-0.2, -0.15) is 0 Å². The van der Waals surface area contributed by atoms with Crippen molar-refractivity contribution in [3.8, 4) is 0 Å². The van der Waals surface area contributed by atoms with Crippen molar-refractivity contribution in [2.75, 3.05) is 6.54 Å². The van der Waals surface area contributed by atoms with E-state index in [1.54, 1.807) is 6.92 Å². The number of imide groups is 1. The lowest BCUT2D eigenvalue weighted by Gasteiger charge is -2.11. The van der Waals surface area contributed by atoms with Crippen LogP contribution in [0, 0.1) is 0 Å². The van der Waals surface area contributed by atoms with Crippen LogP contribution in [0.4, 0.5) is 4.79 Å². The molecule has 1 unspecified atom stereocenters. The molecule has 1 heterocycles. The Labute approximate surface area is 97.4 Å². The fourth-order valence-electron chi connectivity index (χ4n) is 1.92. The summed E-state index contributed by atoms with van der Waals surface area (Å²) in [5, 5.41) is 2.62. The van der Waals surface area contributed by atoms with Crippen molar-refractivity contribution in [1.29, 1.82) is 0 Å². The van der Waals surface area contributed by atoms with Gasteiger partial charge in [0.15, 0.2) is 0 Å². The number of urea groups is 1. The first-order valence-electron chi connectivity index (χ1n) is 6.28. The molecular formula is C12H22N2O2. The minimum atomic E-state index is -0.340. The minimum Gasteiger partial charge on any atom is -0.326 e. The van der Waals surface area contributed by atoms with Gasteiger partial charge in [-0.25, -0.2) is 4.79 Å². The lowest BCUT2D eigenvalue weighted by atomic mass is 10.1. The SMILES string of the molecule is CCCCCCCCN1C(=O)NC(C)C1=O. The van der Waals surface area contributed by atoms with Crippen molar-refractivity contribution < 1.29 is 9.59 Å². The third-order valence-electron chi connectivity index (χ3n) is 2.96. The van der Waals surface area contributed by atoms with E-state index in [-0.39, 0.29) is 18.0 Å². The second-order valence-electron chi connectivity index (χ2n) is 4.43. The molecule has 3 amide bonds.